The zero-order valence-corrected chi connectivity index (χ0v) is 7.48. The minimum atomic E-state index is 0.611. The molecule has 1 nitrogen and oxygen atoms in total. The van der Waals surface area contributed by atoms with Crippen LogP contribution < -0.4 is 0 Å². The fraction of sp³-hybridized carbons (Fsp3) is 0.625. The van der Waals surface area contributed by atoms with E-state index < -0.39 is 0 Å². The molecule has 1 heterocycles. The first-order chi connectivity index (χ1) is 4.72. The zero-order chi connectivity index (χ0) is 7.56. The summed E-state index contributed by atoms with van der Waals surface area (Å²) in [6.07, 6.45) is 1.87. The van der Waals surface area contributed by atoms with E-state index in [0.29, 0.717) is 11.8 Å². The van der Waals surface area contributed by atoms with E-state index in [0.717, 1.165) is 0 Å². The van der Waals surface area contributed by atoms with Gasteiger partial charge in [-0.2, -0.15) is 0 Å². The number of aromatic nitrogens is 1. The van der Waals surface area contributed by atoms with E-state index in [2.05, 4.69) is 25.8 Å². The molecule has 0 bridgehead atoms. The number of nitrogens with zero attached hydrogens (tertiary/aromatic N) is 1. The predicted molar refractivity (Wildman–Crippen MR) is 45.4 cm³/mol. The number of hydrogen-bond acceptors (Lipinski definition) is 2. The first-order valence-corrected chi connectivity index (χ1v) is 4.49. The summed E-state index contributed by atoms with van der Waals surface area (Å²) in [6.45, 7) is 6.68. The molecule has 0 N–H and O–H groups in total. The maximum atomic E-state index is 4.26. The number of rotatable bonds is 2. The van der Waals surface area contributed by atoms with Crippen molar-refractivity contribution in [3.63, 3.8) is 0 Å². The smallest absolute Gasteiger partial charge is 0.0955 e. The van der Waals surface area contributed by atoms with E-state index in [9.17, 15) is 0 Å². The first-order valence-electron chi connectivity index (χ1n) is 3.61. The van der Waals surface area contributed by atoms with Crippen molar-refractivity contribution in [3.05, 3.63) is 16.6 Å². The van der Waals surface area contributed by atoms with Gasteiger partial charge in [-0.05, 0) is 5.92 Å². The highest BCUT2D eigenvalue weighted by atomic mass is 32.1. The molecule has 0 radical (unpaired) electrons. The first kappa shape index (κ1) is 7.73. The largest absolute Gasteiger partial charge is 0.249 e. The molecule has 0 saturated heterocycles. The fourth-order valence-corrected chi connectivity index (χ4v) is 1.61. The van der Waals surface area contributed by atoms with Gasteiger partial charge in [0.1, 0.15) is 0 Å². The van der Waals surface area contributed by atoms with Gasteiger partial charge in [0.05, 0.1) is 5.01 Å². The molecule has 0 saturated carbocycles. The Bertz CT molecular complexity index is 179. The van der Waals surface area contributed by atoms with Gasteiger partial charge in [0, 0.05) is 17.5 Å². The van der Waals surface area contributed by atoms with E-state index >= 15 is 0 Å². The van der Waals surface area contributed by atoms with E-state index in [1.54, 1.807) is 11.3 Å². The third-order valence-corrected chi connectivity index (χ3v) is 2.82. The van der Waals surface area contributed by atoms with Gasteiger partial charge in [0.15, 0.2) is 0 Å². The summed E-state index contributed by atoms with van der Waals surface area (Å²) in [4.78, 5) is 4.26. The maximum absolute atomic E-state index is 4.26. The van der Waals surface area contributed by atoms with Crippen molar-refractivity contribution in [3.8, 4) is 0 Å². The molecule has 0 spiro atoms. The zero-order valence-electron chi connectivity index (χ0n) is 6.66. The van der Waals surface area contributed by atoms with E-state index in [-0.39, 0.29) is 0 Å². The van der Waals surface area contributed by atoms with Crippen molar-refractivity contribution in [2.24, 2.45) is 5.92 Å². The summed E-state index contributed by atoms with van der Waals surface area (Å²) in [5, 5.41) is 3.30. The second-order valence-electron chi connectivity index (χ2n) is 2.90. The third-order valence-electron chi connectivity index (χ3n) is 1.84. The quantitative estimate of drug-likeness (QED) is 0.640. The standard InChI is InChI=1S/C8H13NS/c1-6(2)7(3)8-9-4-5-10-8/h4-7H,1-3H3. The van der Waals surface area contributed by atoms with Crippen LogP contribution in [0.4, 0.5) is 0 Å². The molecule has 0 aliphatic carbocycles. The highest BCUT2D eigenvalue weighted by molar-refractivity contribution is 7.09. The minimum absolute atomic E-state index is 0.611. The number of hydrogen-bond donors (Lipinski definition) is 0. The lowest BCUT2D eigenvalue weighted by Gasteiger charge is -2.10. The molecule has 10 heavy (non-hydrogen) atoms. The van der Waals surface area contributed by atoms with Crippen LogP contribution in [-0.4, -0.2) is 4.98 Å². The molecule has 1 unspecified atom stereocenters. The van der Waals surface area contributed by atoms with Gasteiger partial charge in [-0.1, -0.05) is 20.8 Å². The van der Waals surface area contributed by atoms with Crippen LogP contribution in [0.3, 0.4) is 0 Å². The Morgan fingerprint density at radius 3 is 2.50 bits per heavy atom. The molecular weight excluding hydrogens is 142 g/mol. The van der Waals surface area contributed by atoms with Crippen molar-refractivity contribution in [1.29, 1.82) is 0 Å². The van der Waals surface area contributed by atoms with Crippen LogP contribution in [-0.2, 0) is 0 Å². The SMILES string of the molecule is CC(C)C(C)c1nccs1. The fourth-order valence-electron chi connectivity index (χ4n) is 0.745. The Kier molecular flexibility index (Phi) is 2.44. The summed E-state index contributed by atoms with van der Waals surface area (Å²) in [6, 6.07) is 0. The van der Waals surface area contributed by atoms with Crippen LogP contribution in [0.15, 0.2) is 11.6 Å². The summed E-state index contributed by atoms with van der Waals surface area (Å²) < 4.78 is 0. The molecule has 0 aliphatic rings. The van der Waals surface area contributed by atoms with Crippen molar-refractivity contribution in [1.82, 2.24) is 4.98 Å². The van der Waals surface area contributed by atoms with Crippen molar-refractivity contribution in [2.45, 2.75) is 26.7 Å². The topological polar surface area (TPSA) is 12.9 Å². The van der Waals surface area contributed by atoms with Crippen molar-refractivity contribution in [2.75, 3.05) is 0 Å². The Hall–Kier alpha value is -0.370. The molecule has 1 rings (SSSR count). The molecule has 2 heteroatoms. The molecule has 1 aromatic heterocycles. The van der Waals surface area contributed by atoms with Gasteiger partial charge in [-0.15, -0.1) is 11.3 Å². The Labute approximate surface area is 66.1 Å². The Balaban J connectivity index is 2.68. The second-order valence-corrected chi connectivity index (χ2v) is 3.83. The Morgan fingerprint density at radius 2 is 2.10 bits per heavy atom. The summed E-state index contributed by atoms with van der Waals surface area (Å²) >= 11 is 1.75. The molecule has 1 atom stereocenters. The maximum Gasteiger partial charge on any atom is 0.0955 e. The highest BCUT2D eigenvalue weighted by Crippen LogP contribution is 2.24. The van der Waals surface area contributed by atoms with Crippen molar-refractivity contribution >= 4 is 11.3 Å². The monoisotopic (exact) mass is 155 g/mol. The second kappa shape index (κ2) is 3.15. The van der Waals surface area contributed by atoms with Crippen LogP contribution in [0.1, 0.15) is 31.7 Å². The van der Waals surface area contributed by atoms with E-state index in [4.69, 9.17) is 0 Å². The average Bonchev–Trinajstić information content (AvgIpc) is 2.36. The molecule has 0 amide bonds. The average molecular weight is 155 g/mol. The molecule has 1 aromatic rings. The van der Waals surface area contributed by atoms with E-state index in [1.165, 1.54) is 5.01 Å². The minimum Gasteiger partial charge on any atom is -0.249 e. The summed E-state index contributed by atoms with van der Waals surface area (Å²) in [7, 11) is 0. The molecular formula is C8H13NS. The third kappa shape index (κ3) is 1.57. The number of thiazole rings is 1. The normalized spacial score (nSPS) is 14.0. The van der Waals surface area contributed by atoms with E-state index in [1.807, 2.05) is 11.6 Å². The van der Waals surface area contributed by atoms with Gasteiger partial charge in [-0.3, -0.25) is 0 Å². The van der Waals surface area contributed by atoms with Crippen LogP contribution in [0.2, 0.25) is 0 Å². The van der Waals surface area contributed by atoms with Gasteiger partial charge in [0.25, 0.3) is 0 Å². The molecule has 56 valence electrons. The van der Waals surface area contributed by atoms with Crippen molar-refractivity contribution < 1.29 is 0 Å². The van der Waals surface area contributed by atoms with Gasteiger partial charge in [-0.25, -0.2) is 4.98 Å². The van der Waals surface area contributed by atoms with Crippen LogP contribution in [0.5, 0.6) is 0 Å². The molecule has 0 aliphatic heterocycles. The van der Waals surface area contributed by atoms with Gasteiger partial charge >= 0.3 is 0 Å². The highest BCUT2D eigenvalue weighted by Gasteiger charge is 2.11. The van der Waals surface area contributed by atoms with Crippen LogP contribution in [0, 0.1) is 5.92 Å². The van der Waals surface area contributed by atoms with Gasteiger partial charge < -0.3 is 0 Å². The predicted octanol–water partition coefficient (Wildman–Crippen LogP) is 2.90. The van der Waals surface area contributed by atoms with Crippen LogP contribution in [0.25, 0.3) is 0 Å². The van der Waals surface area contributed by atoms with Crippen LogP contribution >= 0.6 is 11.3 Å². The molecule has 0 aromatic carbocycles. The summed E-state index contributed by atoms with van der Waals surface area (Å²) in [5.74, 6) is 1.31. The Morgan fingerprint density at radius 1 is 1.40 bits per heavy atom. The van der Waals surface area contributed by atoms with Gasteiger partial charge in [0.2, 0.25) is 0 Å². The lowest BCUT2D eigenvalue weighted by molar-refractivity contribution is 0.533. The lowest BCUT2D eigenvalue weighted by atomic mass is 9.99. The summed E-state index contributed by atoms with van der Waals surface area (Å²) in [5.41, 5.74) is 0. The molecule has 0 fully saturated rings. The lowest BCUT2D eigenvalue weighted by Crippen LogP contribution is -2.00.